The Morgan fingerprint density at radius 2 is 1.84 bits per heavy atom. The van der Waals surface area contributed by atoms with Crippen LogP contribution in [0.2, 0.25) is 0 Å². The van der Waals surface area contributed by atoms with Gasteiger partial charge in [0.2, 0.25) is 5.91 Å². The first kappa shape index (κ1) is 11.1. The summed E-state index contributed by atoms with van der Waals surface area (Å²) in [6.07, 6.45) is 4.28. The summed E-state index contributed by atoms with van der Waals surface area (Å²) in [7, 11) is 0. The molecule has 7 atom stereocenters. The van der Waals surface area contributed by atoms with Crippen LogP contribution in [0.4, 0.5) is 0 Å². The fraction of sp³-hybridized carbons (Fsp3) is 0.938. The Morgan fingerprint density at radius 1 is 1.11 bits per heavy atom. The van der Waals surface area contributed by atoms with E-state index in [-0.39, 0.29) is 0 Å². The van der Waals surface area contributed by atoms with Gasteiger partial charge in [0, 0.05) is 31.6 Å². The van der Waals surface area contributed by atoms with E-state index in [1.54, 1.807) is 0 Å². The van der Waals surface area contributed by atoms with Gasteiger partial charge in [-0.05, 0) is 61.7 Å². The molecule has 3 nitrogen and oxygen atoms in total. The number of fused-ring (bicyclic) bond motifs is 6. The summed E-state index contributed by atoms with van der Waals surface area (Å²) < 4.78 is 0. The summed E-state index contributed by atoms with van der Waals surface area (Å²) in [5.41, 5.74) is 0. The first-order valence-corrected chi connectivity index (χ1v) is 8.27. The third kappa shape index (κ3) is 1.30. The number of hydrogen-bond donors (Lipinski definition) is 1. The van der Waals surface area contributed by atoms with E-state index in [4.69, 9.17) is 0 Å². The molecule has 5 rings (SSSR count). The molecule has 5 aliphatic rings. The second-order valence-corrected chi connectivity index (χ2v) is 7.83. The van der Waals surface area contributed by atoms with E-state index >= 15 is 0 Å². The average molecular weight is 260 g/mol. The van der Waals surface area contributed by atoms with Crippen LogP contribution in [0.1, 0.15) is 26.2 Å². The first-order chi connectivity index (χ1) is 9.25. The highest BCUT2D eigenvalue weighted by atomic mass is 16.2. The summed E-state index contributed by atoms with van der Waals surface area (Å²) in [5.74, 6) is 5.88. The van der Waals surface area contributed by atoms with Crippen molar-refractivity contribution in [1.29, 1.82) is 0 Å². The fourth-order valence-corrected chi connectivity index (χ4v) is 6.31. The summed E-state index contributed by atoms with van der Waals surface area (Å²) in [4.78, 5) is 15.1. The highest BCUT2D eigenvalue weighted by molar-refractivity contribution is 5.83. The number of carbonyl (C=O) groups excluding carboxylic acids is 1. The summed E-state index contributed by atoms with van der Waals surface area (Å²) in [6.45, 7) is 5.56. The zero-order valence-corrected chi connectivity index (χ0v) is 11.7. The van der Waals surface area contributed by atoms with Gasteiger partial charge in [-0.1, -0.05) is 0 Å². The van der Waals surface area contributed by atoms with Gasteiger partial charge in [0.25, 0.3) is 0 Å². The van der Waals surface area contributed by atoms with Crippen molar-refractivity contribution in [2.75, 3.05) is 19.6 Å². The number of carbonyl (C=O) groups is 1. The van der Waals surface area contributed by atoms with E-state index in [0.29, 0.717) is 17.9 Å². The van der Waals surface area contributed by atoms with Crippen LogP contribution in [0.3, 0.4) is 0 Å². The summed E-state index contributed by atoms with van der Waals surface area (Å²) in [5, 5.41) is 3.49. The van der Waals surface area contributed by atoms with Crippen LogP contribution in [0.25, 0.3) is 0 Å². The van der Waals surface area contributed by atoms with Gasteiger partial charge in [0.05, 0.1) is 0 Å². The molecule has 3 saturated carbocycles. The maximum absolute atomic E-state index is 12.9. The lowest BCUT2D eigenvalue weighted by molar-refractivity contribution is -0.134. The largest absolute Gasteiger partial charge is 0.339 e. The Morgan fingerprint density at radius 3 is 2.53 bits per heavy atom. The summed E-state index contributed by atoms with van der Waals surface area (Å²) in [6, 6.07) is 0.478. The molecule has 1 amide bonds. The van der Waals surface area contributed by atoms with Crippen LogP contribution in [-0.2, 0) is 4.79 Å². The van der Waals surface area contributed by atoms with E-state index in [9.17, 15) is 4.79 Å². The maximum atomic E-state index is 12.9. The van der Waals surface area contributed by atoms with Crippen molar-refractivity contribution >= 4 is 5.91 Å². The molecule has 0 radical (unpaired) electrons. The normalized spacial score (nSPS) is 57.4. The molecule has 3 heteroatoms. The van der Waals surface area contributed by atoms with Crippen molar-refractivity contribution in [2.45, 2.75) is 32.2 Å². The highest BCUT2D eigenvalue weighted by Crippen LogP contribution is 2.69. The SMILES string of the molecule is CC1C2CNCC2CN1C(=O)C1C2C3CCC(C3)C12. The number of hydrogen-bond acceptors (Lipinski definition) is 2. The van der Waals surface area contributed by atoms with E-state index in [1.165, 1.54) is 19.3 Å². The van der Waals surface area contributed by atoms with E-state index in [2.05, 4.69) is 17.1 Å². The smallest absolute Gasteiger partial charge is 0.226 e. The Balaban J connectivity index is 1.34. The number of rotatable bonds is 1. The van der Waals surface area contributed by atoms with Crippen molar-refractivity contribution < 1.29 is 4.79 Å². The standard InChI is InChI=1S/C16H24N2O/c1-8-12-6-17-5-11(12)7-18(8)16(19)15-13-9-2-3-10(4-9)14(13)15/h8-15,17H,2-7H2,1H3. The number of amides is 1. The molecule has 2 bridgehead atoms. The van der Waals surface area contributed by atoms with Gasteiger partial charge in [-0.15, -0.1) is 0 Å². The van der Waals surface area contributed by atoms with Gasteiger partial charge >= 0.3 is 0 Å². The third-order valence-electron chi connectivity index (χ3n) is 7.24. The van der Waals surface area contributed by atoms with Crippen LogP contribution in [0, 0.1) is 41.4 Å². The molecule has 1 N–H and O–H groups in total. The van der Waals surface area contributed by atoms with Gasteiger partial charge in [0.1, 0.15) is 0 Å². The van der Waals surface area contributed by atoms with E-state index in [0.717, 1.165) is 55.1 Å². The average Bonchev–Trinajstić information content (AvgIpc) is 2.87. The van der Waals surface area contributed by atoms with Gasteiger partial charge < -0.3 is 10.2 Å². The molecule has 2 saturated heterocycles. The molecule has 0 spiro atoms. The maximum Gasteiger partial charge on any atom is 0.226 e. The van der Waals surface area contributed by atoms with Crippen molar-refractivity contribution in [3.8, 4) is 0 Å². The second-order valence-electron chi connectivity index (χ2n) is 7.83. The Hall–Kier alpha value is -0.570. The zero-order valence-electron chi connectivity index (χ0n) is 11.7. The topological polar surface area (TPSA) is 32.3 Å². The lowest BCUT2D eigenvalue weighted by atomic mass is 9.95. The zero-order chi connectivity index (χ0) is 12.7. The molecule has 0 aromatic rings. The van der Waals surface area contributed by atoms with Gasteiger partial charge in [-0.25, -0.2) is 0 Å². The molecular weight excluding hydrogens is 236 g/mol. The van der Waals surface area contributed by atoms with Crippen LogP contribution >= 0.6 is 0 Å². The quantitative estimate of drug-likeness (QED) is 0.772. The van der Waals surface area contributed by atoms with Crippen LogP contribution in [0.5, 0.6) is 0 Å². The van der Waals surface area contributed by atoms with Crippen LogP contribution in [-0.4, -0.2) is 36.5 Å². The van der Waals surface area contributed by atoms with Crippen molar-refractivity contribution in [3.63, 3.8) is 0 Å². The molecule has 3 aliphatic carbocycles. The molecular formula is C16H24N2O. The predicted octanol–water partition coefficient (Wildman–Crippen LogP) is 1.34. The van der Waals surface area contributed by atoms with Gasteiger partial charge in [-0.3, -0.25) is 4.79 Å². The molecule has 0 aromatic carbocycles. The van der Waals surface area contributed by atoms with Gasteiger partial charge in [-0.2, -0.15) is 0 Å². The minimum Gasteiger partial charge on any atom is -0.339 e. The molecule has 19 heavy (non-hydrogen) atoms. The van der Waals surface area contributed by atoms with Crippen molar-refractivity contribution in [3.05, 3.63) is 0 Å². The lowest BCUT2D eigenvalue weighted by Gasteiger charge is -2.25. The minimum absolute atomic E-state index is 0.445. The Kier molecular flexibility index (Phi) is 2.08. The molecule has 2 heterocycles. The molecule has 104 valence electrons. The van der Waals surface area contributed by atoms with Crippen LogP contribution in [0.15, 0.2) is 0 Å². The minimum atomic E-state index is 0.445. The molecule has 2 aliphatic heterocycles. The van der Waals surface area contributed by atoms with Crippen LogP contribution < -0.4 is 5.32 Å². The Bertz CT molecular complexity index is 420. The predicted molar refractivity (Wildman–Crippen MR) is 72.3 cm³/mol. The first-order valence-electron chi connectivity index (χ1n) is 8.27. The molecule has 0 aromatic heterocycles. The van der Waals surface area contributed by atoms with E-state index in [1.807, 2.05) is 0 Å². The number of likely N-dealkylation sites (tertiary alicyclic amines) is 1. The van der Waals surface area contributed by atoms with Gasteiger partial charge in [0.15, 0.2) is 0 Å². The van der Waals surface area contributed by atoms with Crippen molar-refractivity contribution in [2.24, 2.45) is 41.4 Å². The third-order valence-corrected chi connectivity index (χ3v) is 7.24. The monoisotopic (exact) mass is 260 g/mol. The molecule has 5 fully saturated rings. The Labute approximate surface area is 115 Å². The second kappa shape index (κ2) is 3.55. The summed E-state index contributed by atoms with van der Waals surface area (Å²) >= 11 is 0. The number of nitrogens with one attached hydrogen (secondary N) is 1. The highest BCUT2D eigenvalue weighted by Gasteiger charge is 2.68. The van der Waals surface area contributed by atoms with E-state index < -0.39 is 0 Å². The number of nitrogens with zero attached hydrogens (tertiary/aromatic N) is 1. The molecule has 7 unspecified atom stereocenters. The van der Waals surface area contributed by atoms with Crippen molar-refractivity contribution in [1.82, 2.24) is 10.2 Å². The lowest BCUT2D eigenvalue weighted by Crippen LogP contribution is -2.40. The fourth-order valence-electron chi connectivity index (χ4n) is 6.31.